The number of hydrogen-bond donors (Lipinski definition) is 2. The van der Waals surface area contributed by atoms with E-state index in [9.17, 15) is 13.2 Å². The molecular formula is C9H11N3O5S. The minimum atomic E-state index is -4.23. The zero-order chi connectivity index (χ0) is 13.8. The van der Waals surface area contributed by atoms with Crippen LogP contribution in [0.5, 0.6) is 0 Å². The maximum Gasteiger partial charge on any atom is 0.324 e. The van der Waals surface area contributed by atoms with Crippen molar-refractivity contribution in [3.63, 3.8) is 0 Å². The predicted molar refractivity (Wildman–Crippen MR) is 61.0 cm³/mol. The smallest absolute Gasteiger partial charge is 0.324 e. The van der Waals surface area contributed by atoms with Crippen LogP contribution in [-0.4, -0.2) is 42.6 Å². The minimum Gasteiger partial charge on any atom is -0.480 e. The van der Waals surface area contributed by atoms with Crippen LogP contribution in [0.3, 0.4) is 0 Å². The SMILES string of the molecule is CN(CC(=O)O)/N=N/c1ccc(S(=O)(=O)O)cc1. The highest BCUT2D eigenvalue weighted by molar-refractivity contribution is 7.85. The van der Waals surface area contributed by atoms with E-state index in [1.165, 1.54) is 31.3 Å². The van der Waals surface area contributed by atoms with Crippen LogP contribution in [0.1, 0.15) is 0 Å². The number of carboxylic acid groups (broad SMARTS) is 1. The summed E-state index contributed by atoms with van der Waals surface area (Å²) in [5.74, 6) is -1.04. The first-order valence-electron chi connectivity index (χ1n) is 4.71. The lowest BCUT2D eigenvalue weighted by molar-refractivity contribution is -0.138. The second kappa shape index (κ2) is 5.56. The first-order chi connectivity index (χ1) is 8.29. The summed E-state index contributed by atoms with van der Waals surface area (Å²) in [6, 6.07) is 5.00. The Kier molecular flexibility index (Phi) is 4.34. The fourth-order valence-corrected chi connectivity index (χ4v) is 1.52. The summed E-state index contributed by atoms with van der Waals surface area (Å²) >= 11 is 0. The summed E-state index contributed by atoms with van der Waals surface area (Å²) in [5.41, 5.74) is 0.333. The highest BCUT2D eigenvalue weighted by Crippen LogP contribution is 2.16. The van der Waals surface area contributed by atoms with Crippen LogP contribution in [-0.2, 0) is 14.9 Å². The highest BCUT2D eigenvalue weighted by atomic mass is 32.2. The van der Waals surface area contributed by atoms with Gasteiger partial charge in [-0.2, -0.15) is 8.42 Å². The number of carboxylic acids is 1. The molecule has 9 heteroatoms. The average molecular weight is 273 g/mol. The van der Waals surface area contributed by atoms with Crippen molar-refractivity contribution in [1.82, 2.24) is 5.01 Å². The van der Waals surface area contributed by atoms with Crippen molar-refractivity contribution in [2.24, 2.45) is 10.3 Å². The lowest BCUT2D eigenvalue weighted by Crippen LogP contribution is -2.19. The van der Waals surface area contributed by atoms with Gasteiger partial charge in [0.05, 0.1) is 10.6 Å². The lowest BCUT2D eigenvalue weighted by atomic mass is 10.3. The van der Waals surface area contributed by atoms with E-state index in [4.69, 9.17) is 9.66 Å². The molecule has 0 aliphatic carbocycles. The molecule has 0 aromatic heterocycles. The first-order valence-corrected chi connectivity index (χ1v) is 6.15. The van der Waals surface area contributed by atoms with Gasteiger partial charge in [0.2, 0.25) is 0 Å². The molecule has 0 heterocycles. The Balaban J connectivity index is 2.75. The van der Waals surface area contributed by atoms with Crippen LogP contribution in [0.25, 0.3) is 0 Å². The number of aliphatic carboxylic acids is 1. The van der Waals surface area contributed by atoms with Crippen molar-refractivity contribution in [2.45, 2.75) is 4.90 Å². The maximum atomic E-state index is 10.8. The zero-order valence-electron chi connectivity index (χ0n) is 9.39. The van der Waals surface area contributed by atoms with Gasteiger partial charge in [0.25, 0.3) is 10.1 Å². The molecule has 18 heavy (non-hydrogen) atoms. The third kappa shape index (κ3) is 4.47. The number of benzene rings is 1. The fraction of sp³-hybridized carbons (Fsp3) is 0.222. The van der Waals surface area contributed by atoms with E-state index in [0.29, 0.717) is 5.69 Å². The van der Waals surface area contributed by atoms with E-state index in [1.54, 1.807) is 0 Å². The Labute approximate surface area is 103 Å². The van der Waals surface area contributed by atoms with Crippen molar-refractivity contribution in [2.75, 3.05) is 13.6 Å². The molecule has 0 spiro atoms. The maximum absolute atomic E-state index is 10.8. The van der Waals surface area contributed by atoms with Gasteiger partial charge in [-0.05, 0) is 24.3 Å². The van der Waals surface area contributed by atoms with Gasteiger partial charge in [-0.1, -0.05) is 5.22 Å². The molecule has 1 aromatic carbocycles. The highest BCUT2D eigenvalue weighted by Gasteiger charge is 2.08. The van der Waals surface area contributed by atoms with Gasteiger partial charge in [0.15, 0.2) is 0 Å². The molecule has 0 atom stereocenters. The van der Waals surface area contributed by atoms with Gasteiger partial charge in [-0.15, -0.1) is 5.11 Å². The standard InChI is InChI=1S/C9H11N3O5S/c1-12(6-9(13)14)11-10-7-2-4-8(5-3-7)18(15,16)17/h2-5H,6H2,1H3,(H,13,14)(H,15,16,17)/b11-10+. The third-order valence-corrected chi connectivity index (χ3v) is 2.68. The molecule has 0 radical (unpaired) electrons. The molecule has 0 bridgehead atoms. The lowest BCUT2D eigenvalue weighted by Gasteiger charge is -2.06. The minimum absolute atomic E-state index is 0.250. The molecule has 0 unspecified atom stereocenters. The molecule has 0 fully saturated rings. The van der Waals surface area contributed by atoms with Crippen molar-refractivity contribution in [3.8, 4) is 0 Å². The quantitative estimate of drug-likeness (QED) is 0.468. The monoisotopic (exact) mass is 273 g/mol. The summed E-state index contributed by atoms with van der Waals surface area (Å²) in [7, 11) is -2.79. The largest absolute Gasteiger partial charge is 0.480 e. The number of hydrogen-bond acceptors (Lipinski definition) is 5. The Morgan fingerprint density at radius 1 is 1.33 bits per heavy atom. The summed E-state index contributed by atoms with van der Waals surface area (Å²) in [5, 5.41) is 16.9. The Morgan fingerprint density at radius 2 is 1.89 bits per heavy atom. The van der Waals surface area contributed by atoms with E-state index in [-0.39, 0.29) is 11.4 Å². The number of nitrogens with zero attached hydrogens (tertiary/aromatic N) is 3. The molecule has 0 aliphatic heterocycles. The van der Waals surface area contributed by atoms with Crippen LogP contribution in [0, 0.1) is 0 Å². The normalized spacial score (nSPS) is 11.7. The molecule has 2 N–H and O–H groups in total. The summed E-state index contributed by atoms with van der Waals surface area (Å²) in [6.45, 7) is -0.299. The molecule has 98 valence electrons. The zero-order valence-corrected chi connectivity index (χ0v) is 10.2. The van der Waals surface area contributed by atoms with E-state index in [1.807, 2.05) is 0 Å². The number of likely N-dealkylation sites (N-methyl/N-ethyl adjacent to an activating group) is 1. The molecule has 0 amide bonds. The molecule has 0 aliphatic rings. The molecule has 1 aromatic rings. The van der Waals surface area contributed by atoms with Gasteiger partial charge in [0, 0.05) is 7.05 Å². The van der Waals surface area contributed by atoms with Crippen LogP contribution in [0.2, 0.25) is 0 Å². The third-order valence-electron chi connectivity index (χ3n) is 1.81. The molecule has 0 saturated heterocycles. The van der Waals surface area contributed by atoms with Gasteiger partial charge in [-0.25, -0.2) is 0 Å². The Morgan fingerprint density at radius 3 is 2.33 bits per heavy atom. The summed E-state index contributed by atoms with van der Waals surface area (Å²) in [4.78, 5) is 10.1. The van der Waals surface area contributed by atoms with Crippen LogP contribution in [0.15, 0.2) is 39.5 Å². The van der Waals surface area contributed by atoms with Crippen molar-refractivity contribution >= 4 is 21.8 Å². The van der Waals surface area contributed by atoms with Crippen LogP contribution in [0.4, 0.5) is 5.69 Å². The Hall–Kier alpha value is -2.00. The Bertz CT molecular complexity index is 552. The van der Waals surface area contributed by atoms with E-state index >= 15 is 0 Å². The predicted octanol–water partition coefficient (Wildman–Crippen LogP) is 0.948. The number of carbonyl (C=O) groups is 1. The van der Waals surface area contributed by atoms with Gasteiger partial charge in [0.1, 0.15) is 6.54 Å². The second-order valence-electron chi connectivity index (χ2n) is 3.37. The van der Waals surface area contributed by atoms with Crippen molar-refractivity contribution < 1.29 is 22.9 Å². The van der Waals surface area contributed by atoms with Crippen molar-refractivity contribution in [3.05, 3.63) is 24.3 Å². The first kappa shape index (κ1) is 14.1. The molecule has 0 saturated carbocycles. The molecular weight excluding hydrogens is 262 g/mol. The fourth-order valence-electron chi connectivity index (χ4n) is 1.04. The summed E-state index contributed by atoms with van der Waals surface area (Å²) < 4.78 is 30.3. The van der Waals surface area contributed by atoms with Crippen LogP contribution >= 0.6 is 0 Å². The topological polar surface area (TPSA) is 120 Å². The molecule has 8 nitrogen and oxygen atoms in total. The van der Waals surface area contributed by atoms with Gasteiger partial charge in [-0.3, -0.25) is 14.4 Å². The second-order valence-corrected chi connectivity index (χ2v) is 4.79. The van der Waals surface area contributed by atoms with E-state index < -0.39 is 16.1 Å². The van der Waals surface area contributed by atoms with Gasteiger partial charge >= 0.3 is 5.97 Å². The molecule has 1 rings (SSSR count). The summed E-state index contributed by atoms with van der Waals surface area (Å²) in [6.07, 6.45) is 0. The number of rotatable bonds is 5. The van der Waals surface area contributed by atoms with Crippen molar-refractivity contribution in [1.29, 1.82) is 0 Å². The average Bonchev–Trinajstić information content (AvgIpc) is 2.25. The van der Waals surface area contributed by atoms with Crippen LogP contribution < -0.4 is 0 Å². The van der Waals surface area contributed by atoms with Gasteiger partial charge < -0.3 is 5.11 Å². The van der Waals surface area contributed by atoms with E-state index in [0.717, 1.165) is 5.01 Å². The van der Waals surface area contributed by atoms with E-state index in [2.05, 4.69) is 10.3 Å².